The normalized spacial score (nSPS) is 12.7. The maximum Gasteiger partial charge on any atom is 0.137 e. The third kappa shape index (κ3) is 2.37. The van der Waals surface area contributed by atoms with Gasteiger partial charge in [0.15, 0.2) is 0 Å². The SMILES string of the molecule is Cc1cccc2cc(C(O)Cc3ccncc3)oc12. The number of furan rings is 1. The Morgan fingerprint density at radius 3 is 2.74 bits per heavy atom. The van der Waals surface area contributed by atoms with Crippen LogP contribution in [0.25, 0.3) is 11.0 Å². The number of aliphatic hydroxyl groups is 1. The largest absolute Gasteiger partial charge is 0.458 e. The zero-order valence-corrected chi connectivity index (χ0v) is 10.7. The van der Waals surface area contributed by atoms with Crippen LogP contribution in [0.15, 0.2) is 53.2 Å². The van der Waals surface area contributed by atoms with E-state index in [0.29, 0.717) is 12.2 Å². The number of nitrogens with zero attached hydrogens (tertiary/aromatic N) is 1. The van der Waals surface area contributed by atoms with Crippen LogP contribution < -0.4 is 0 Å². The van der Waals surface area contributed by atoms with Crippen LogP contribution in [0.2, 0.25) is 0 Å². The second kappa shape index (κ2) is 4.86. The summed E-state index contributed by atoms with van der Waals surface area (Å²) in [5.74, 6) is 0.612. The first kappa shape index (κ1) is 11.9. The smallest absolute Gasteiger partial charge is 0.137 e. The summed E-state index contributed by atoms with van der Waals surface area (Å²) in [6.07, 6.45) is 3.35. The summed E-state index contributed by atoms with van der Waals surface area (Å²) in [5, 5.41) is 11.3. The van der Waals surface area contributed by atoms with Crippen molar-refractivity contribution in [2.45, 2.75) is 19.4 Å². The number of aryl methyl sites for hydroxylation is 1. The van der Waals surface area contributed by atoms with Gasteiger partial charge in [0, 0.05) is 24.2 Å². The highest BCUT2D eigenvalue weighted by molar-refractivity contribution is 5.80. The number of benzene rings is 1. The Balaban J connectivity index is 1.89. The van der Waals surface area contributed by atoms with Gasteiger partial charge >= 0.3 is 0 Å². The summed E-state index contributed by atoms with van der Waals surface area (Å²) in [5.41, 5.74) is 2.98. The molecule has 1 atom stereocenters. The van der Waals surface area contributed by atoms with E-state index in [9.17, 15) is 5.11 Å². The molecule has 0 aliphatic carbocycles. The lowest BCUT2D eigenvalue weighted by atomic mass is 10.1. The molecule has 0 saturated heterocycles. The highest BCUT2D eigenvalue weighted by Crippen LogP contribution is 2.27. The molecule has 2 aromatic heterocycles. The molecule has 0 fully saturated rings. The van der Waals surface area contributed by atoms with Crippen LogP contribution in [0.5, 0.6) is 0 Å². The molecular formula is C16H15NO2. The van der Waals surface area contributed by atoms with E-state index in [0.717, 1.165) is 22.1 Å². The lowest BCUT2D eigenvalue weighted by Crippen LogP contribution is -2.00. The molecule has 96 valence electrons. The maximum absolute atomic E-state index is 10.3. The van der Waals surface area contributed by atoms with Gasteiger partial charge < -0.3 is 9.52 Å². The second-order valence-corrected chi connectivity index (χ2v) is 4.72. The van der Waals surface area contributed by atoms with Crippen LogP contribution in [0, 0.1) is 6.92 Å². The molecule has 1 N–H and O–H groups in total. The van der Waals surface area contributed by atoms with E-state index in [-0.39, 0.29) is 0 Å². The molecule has 0 aliphatic rings. The monoisotopic (exact) mass is 253 g/mol. The molecule has 1 unspecified atom stereocenters. The highest BCUT2D eigenvalue weighted by atomic mass is 16.4. The van der Waals surface area contributed by atoms with Crippen molar-refractivity contribution in [3.05, 3.63) is 65.7 Å². The molecule has 0 amide bonds. The Labute approximate surface area is 111 Å². The van der Waals surface area contributed by atoms with Gasteiger partial charge in [0.2, 0.25) is 0 Å². The highest BCUT2D eigenvalue weighted by Gasteiger charge is 2.14. The van der Waals surface area contributed by atoms with Crippen molar-refractivity contribution >= 4 is 11.0 Å². The molecule has 0 saturated carbocycles. The predicted molar refractivity (Wildman–Crippen MR) is 73.9 cm³/mol. The standard InChI is InChI=1S/C16H15NO2/c1-11-3-2-4-13-10-15(19-16(11)13)14(18)9-12-5-7-17-8-6-12/h2-8,10,14,18H,9H2,1H3. The van der Waals surface area contributed by atoms with Crippen LogP contribution in [0.3, 0.4) is 0 Å². The zero-order chi connectivity index (χ0) is 13.2. The van der Waals surface area contributed by atoms with E-state index in [4.69, 9.17) is 4.42 Å². The van der Waals surface area contributed by atoms with Crippen molar-refractivity contribution in [2.75, 3.05) is 0 Å². The van der Waals surface area contributed by atoms with E-state index >= 15 is 0 Å². The molecule has 3 aromatic rings. The van der Waals surface area contributed by atoms with Gasteiger partial charge in [-0.1, -0.05) is 18.2 Å². The Morgan fingerprint density at radius 2 is 2.00 bits per heavy atom. The summed E-state index contributed by atoms with van der Waals surface area (Å²) >= 11 is 0. The minimum Gasteiger partial charge on any atom is -0.458 e. The van der Waals surface area contributed by atoms with Crippen LogP contribution in [0.4, 0.5) is 0 Å². The Morgan fingerprint density at radius 1 is 1.21 bits per heavy atom. The van der Waals surface area contributed by atoms with Crippen LogP contribution in [-0.2, 0) is 6.42 Å². The number of hydrogen-bond acceptors (Lipinski definition) is 3. The van der Waals surface area contributed by atoms with E-state index in [1.54, 1.807) is 12.4 Å². The van der Waals surface area contributed by atoms with Gasteiger partial charge in [-0.05, 0) is 36.2 Å². The van der Waals surface area contributed by atoms with Crippen molar-refractivity contribution in [1.29, 1.82) is 0 Å². The first-order chi connectivity index (χ1) is 9.24. The Hall–Kier alpha value is -2.13. The number of fused-ring (bicyclic) bond motifs is 1. The zero-order valence-electron chi connectivity index (χ0n) is 10.7. The maximum atomic E-state index is 10.3. The molecule has 2 heterocycles. The molecule has 3 nitrogen and oxygen atoms in total. The average molecular weight is 253 g/mol. The average Bonchev–Trinajstić information content (AvgIpc) is 2.85. The summed E-state index contributed by atoms with van der Waals surface area (Å²) in [6, 6.07) is 11.7. The molecular weight excluding hydrogens is 238 g/mol. The summed E-state index contributed by atoms with van der Waals surface area (Å²) in [4.78, 5) is 3.97. The van der Waals surface area contributed by atoms with Gasteiger partial charge in [0.1, 0.15) is 17.4 Å². The van der Waals surface area contributed by atoms with Gasteiger partial charge in [-0.15, -0.1) is 0 Å². The third-order valence-electron chi connectivity index (χ3n) is 3.27. The van der Waals surface area contributed by atoms with Crippen molar-refractivity contribution in [3.63, 3.8) is 0 Å². The molecule has 1 aromatic carbocycles. The lowest BCUT2D eigenvalue weighted by molar-refractivity contribution is 0.152. The topological polar surface area (TPSA) is 46.3 Å². The van der Waals surface area contributed by atoms with Gasteiger partial charge in [-0.2, -0.15) is 0 Å². The fourth-order valence-electron chi connectivity index (χ4n) is 2.24. The number of aliphatic hydroxyl groups excluding tert-OH is 1. The second-order valence-electron chi connectivity index (χ2n) is 4.72. The molecule has 0 radical (unpaired) electrons. The fraction of sp³-hybridized carbons (Fsp3) is 0.188. The number of aromatic nitrogens is 1. The van der Waals surface area contributed by atoms with E-state index in [1.807, 2.05) is 43.3 Å². The first-order valence-corrected chi connectivity index (χ1v) is 6.30. The molecule has 0 spiro atoms. The summed E-state index contributed by atoms with van der Waals surface area (Å²) < 4.78 is 5.77. The Bertz CT molecular complexity index is 688. The molecule has 19 heavy (non-hydrogen) atoms. The number of hydrogen-bond donors (Lipinski definition) is 1. The lowest BCUT2D eigenvalue weighted by Gasteiger charge is -2.07. The van der Waals surface area contributed by atoms with Gasteiger partial charge in [0.25, 0.3) is 0 Å². The van der Waals surface area contributed by atoms with Gasteiger partial charge in [-0.3, -0.25) is 4.98 Å². The Kier molecular flexibility index (Phi) is 3.05. The van der Waals surface area contributed by atoms with E-state index in [2.05, 4.69) is 4.98 Å². The number of para-hydroxylation sites is 1. The minimum atomic E-state index is -0.630. The minimum absolute atomic E-state index is 0.529. The number of pyridine rings is 1. The van der Waals surface area contributed by atoms with Gasteiger partial charge in [-0.25, -0.2) is 0 Å². The van der Waals surface area contributed by atoms with Crippen LogP contribution >= 0.6 is 0 Å². The van der Waals surface area contributed by atoms with Crippen LogP contribution in [-0.4, -0.2) is 10.1 Å². The first-order valence-electron chi connectivity index (χ1n) is 6.30. The van der Waals surface area contributed by atoms with Crippen molar-refractivity contribution in [3.8, 4) is 0 Å². The summed E-state index contributed by atoms with van der Waals surface area (Å²) in [7, 11) is 0. The fourth-order valence-corrected chi connectivity index (χ4v) is 2.24. The quantitative estimate of drug-likeness (QED) is 0.778. The predicted octanol–water partition coefficient (Wildman–Crippen LogP) is 3.41. The molecule has 3 rings (SSSR count). The molecule has 0 aliphatic heterocycles. The molecule has 3 heteroatoms. The summed E-state index contributed by atoms with van der Waals surface area (Å²) in [6.45, 7) is 2.00. The van der Waals surface area contributed by atoms with Crippen molar-refractivity contribution in [1.82, 2.24) is 4.98 Å². The van der Waals surface area contributed by atoms with E-state index < -0.39 is 6.10 Å². The van der Waals surface area contributed by atoms with Gasteiger partial charge in [0.05, 0.1) is 0 Å². The number of rotatable bonds is 3. The third-order valence-corrected chi connectivity index (χ3v) is 3.27. The van der Waals surface area contributed by atoms with E-state index in [1.165, 1.54) is 0 Å². The van der Waals surface area contributed by atoms with Crippen molar-refractivity contribution in [2.24, 2.45) is 0 Å². The molecule has 0 bridgehead atoms. The van der Waals surface area contributed by atoms with Crippen molar-refractivity contribution < 1.29 is 9.52 Å². The van der Waals surface area contributed by atoms with Crippen LogP contribution in [0.1, 0.15) is 23.0 Å².